The lowest BCUT2D eigenvalue weighted by Gasteiger charge is -2.12. The first-order valence-electron chi connectivity index (χ1n) is 8.93. The summed E-state index contributed by atoms with van der Waals surface area (Å²) in [6.45, 7) is 0. The van der Waals surface area contributed by atoms with Crippen LogP contribution in [0.5, 0.6) is 0 Å². The van der Waals surface area contributed by atoms with Gasteiger partial charge in [0.25, 0.3) is 5.56 Å². The van der Waals surface area contributed by atoms with Gasteiger partial charge in [-0.3, -0.25) is 9.59 Å². The largest absolute Gasteiger partial charge is 0.294 e. The number of rotatable bonds is 4. The van der Waals surface area contributed by atoms with Crippen LogP contribution in [0.3, 0.4) is 0 Å². The van der Waals surface area contributed by atoms with Crippen LogP contribution in [0.1, 0.15) is 5.56 Å². The molecule has 1 N–H and O–H groups in total. The Hall–Kier alpha value is -3.58. The van der Waals surface area contributed by atoms with Gasteiger partial charge in [-0.15, -0.1) is 9.89 Å². The maximum absolute atomic E-state index is 13.4. The van der Waals surface area contributed by atoms with E-state index in [1.807, 2.05) is 0 Å². The lowest BCUT2D eigenvalue weighted by Crippen LogP contribution is -2.36. The number of amides is 1. The molecule has 5 nitrogen and oxygen atoms in total. The molecular formula is C22H14ClF2N3O2. The molecule has 1 amide bonds. The number of aromatic nitrogens is 2. The van der Waals surface area contributed by atoms with E-state index in [0.717, 1.165) is 16.9 Å². The zero-order chi connectivity index (χ0) is 21.3. The van der Waals surface area contributed by atoms with E-state index in [1.165, 1.54) is 0 Å². The zero-order valence-corrected chi connectivity index (χ0v) is 16.2. The van der Waals surface area contributed by atoms with Gasteiger partial charge in [0, 0.05) is 22.0 Å². The molecule has 4 aromatic rings. The molecule has 0 fully saturated rings. The van der Waals surface area contributed by atoms with Crippen molar-refractivity contribution in [3.8, 4) is 11.3 Å². The standard InChI is InChI=1S/C22H14ClF2N3O2/c23-15-5-3-4-14(11-15)21-18-6-1-2-7-19(18)22(30)28(27-21)26-20(29)10-13-8-16(24)12-17(25)9-13/h1-9,11-12H,10H2,(H,26,29). The third kappa shape index (κ3) is 4.06. The average molecular weight is 426 g/mol. The molecule has 0 unspecified atom stereocenters. The van der Waals surface area contributed by atoms with Crippen molar-refractivity contribution in [1.82, 2.24) is 9.89 Å². The zero-order valence-electron chi connectivity index (χ0n) is 15.4. The molecule has 150 valence electrons. The van der Waals surface area contributed by atoms with E-state index in [4.69, 9.17) is 11.6 Å². The molecule has 0 aliphatic heterocycles. The van der Waals surface area contributed by atoms with E-state index in [9.17, 15) is 18.4 Å². The van der Waals surface area contributed by atoms with Crippen molar-refractivity contribution >= 4 is 28.3 Å². The number of fused-ring (bicyclic) bond motifs is 1. The first-order valence-corrected chi connectivity index (χ1v) is 9.31. The Morgan fingerprint density at radius 1 is 0.967 bits per heavy atom. The number of carbonyl (C=O) groups excluding carboxylic acids is 1. The molecular weight excluding hydrogens is 412 g/mol. The molecule has 0 aliphatic rings. The van der Waals surface area contributed by atoms with Crippen LogP contribution in [-0.2, 0) is 11.2 Å². The van der Waals surface area contributed by atoms with Crippen LogP contribution in [0.15, 0.2) is 71.5 Å². The summed E-state index contributed by atoms with van der Waals surface area (Å²) >= 11 is 6.09. The SMILES string of the molecule is O=C(Cc1cc(F)cc(F)c1)Nn1nc(-c2cccc(Cl)c2)c2ccccc2c1=O. The molecule has 0 aliphatic carbocycles. The normalized spacial score (nSPS) is 10.9. The predicted molar refractivity (Wildman–Crippen MR) is 111 cm³/mol. The van der Waals surface area contributed by atoms with Gasteiger partial charge < -0.3 is 0 Å². The monoisotopic (exact) mass is 425 g/mol. The highest BCUT2D eigenvalue weighted by molar-refractivity contribution is 6.30. The molecule has 0 radical (unpaired) electrons. The summed E-state index contributed by atoms with van der Waals surface area (Å²) in [5.41, 5.74) is 3.10. The van der Waals surface area contributed by atoms with Crippen LogP contribution < -0.4 is 11.0 Å². The van der Waals surface area contributed by atoms with Crippen LogP contribution in [0, 0.1) is 11.6 Å². The van der Waals surface area contributed by atoms with E-state index < -0.39 is 23.1 Å². The second-order valence-electron chi connectivity index (χ2n) is 6.61. The van der Waals surface area contributed by atoms with Gasteiger partial charge >= 0.3 is 0 Å². The summed E-state index contributed by atoms with van der Waals surface area (Å²) in [6, 6.07) is 16.6. The van der Waals surface area contributed by atoms with Crippen LogP contribution in [0.25, 0.3) is 22.0 Å². The second kappa shape index (κ2) is 8.04. The number of benzene rings is 3. The third-order valence-corrected chi connectivity index (χ3v) is 4.66. The average Bonchev–Trinajstić information content (AvgIpc) is 2.69. The van der Waals surface area contributed by atoms with Gasteiger partial charge in [0.15, 0.2) is 0 Å². The topological polar surface area (TPSA) is 64.0 Å². The van der Waals surface area contributed by atoms with Crippen LogP contribution >= 0.6 is 11.6 Å². The highest BCUT2D eigenvalue weighted by Crippen LogP contribution is 2.26. The van der Waals surface area contributed by atoms with Gasteiger partial charge in [0.05, 0.1) is 11.8 Å². The minimum atomic E-state index is -0.790. The highest BCUT2D eigenvalue weighted by atomic mass is 35.5. The summed E-state index contributed by atoms with van der Waals surface area (Å²) in [7, 11) is 0. The number of nitrogens with one attached hydrogen (secondary N) is 1. The molecule has 0 bridgehead atoms. The van der Waals surface area contributed by atoms with Crippen LogP contribution in [-0.4, -0.2) is 15.8 Å². The quantitative estimate of drug-likeness (QED) is 0.530. The first-order chi connectivity index (χ1) is 14.4. The van der Waals surface area contributed by atoms with Crippen molar-refractivity contribution in [3.05, 3.63) is 99.3 Å². The van der Waals surface area contributed by atoms with Crippen molar-refractivity contribution in [2.75, 3.05) is 5.43 Å². The number of nitrogens with zero attached hydrogens (tertiary/aromatic N) is 2. The van der Waals surface area contributed by atoms with Gasteiger partial charge in [-0.2, -0.15) is 0 Å². The number of carbonyl (C=O) groups is 1. The Bertz CT molecular complexity index is 1320. The van der Waals surface area contributed by atoms with Gasteiger partial charge in [-0.25, -0.2) is 14.2 Å². The minimum absolute atomic E-state index is 0.133. The molecule has 1 aromatic heterocycles. The minimum Gasteiger partial charge on any atom is -0.273 e. The van der Waals surface area contributed by atoms with Crippen molar-refractivity contribution < 1.29 is 13.6 Å². The Morgan fingerprint density at radius 3 is 2.37 bits per heavy atom. The number of halogens is 3. The first kappa shape index (κ1) is 19.7. The molecule has 1 heterocycles. The summed E-state index contributed by atoms with van der Waals surface area (Å²) in [5.74, 6) is -2.23. The van der Waals surface area contributed by atoms with Gasteiger partial charge in [-0.05, 0) is 35.9 Å². The smallest absolute Gasteiger partial charge is 0.273 e. The maximum Gasteiger partial charge on any atom is 0.294 e. The summed E-state index contributed by atoms with van der Waals surface area (Å²) < 4.78 is 26.7. The van der Waals surface area contributed by atoms with Crippen molar-refractivity contribution in [3.63, 3.8) is 0 Å². The summed E-state index contributed by atoms with van der Waals surface area (Å²) in [4.78, 5) is 26.1. The highest BCUT2D eigenvalue weighted by Gasteiger charge is 2.15. The van der Waals surface area contributed by atoms with Gasteiger partial charge in [0.1, 0.15) is 17.3 Å². The molecule has 30 heavy (non-hydrogen) atoms. The number of hydrogen-bond donors (Lipinski definition) is 1. The van der Waals surface area contributed by atoms with Crippen molar-refractivity contribution in [1.29, 1.82) is 0 Å². The lowest BCUT2D eigenvalue weighted by atomic mass is 10.1. The molecule has 0 atom stereocenters. The van der Waals surface area contributed by atoms with Crippen molar-refractivity contribution in [2.45, 2.75) is 6.42 Å². The van der Waals surface area contributed by atoms with Gasteiger partial charge in [-0.1, -0.05) is 41.9 Å². The third-order valence-electron chi connectivity index (χ3n) is 4.42. The predicted octanol–water partition coefficient (Wildman–Crippen LogP) is 4.31. The molecule has 8 heteroatoms. The fourth-order valence-electron chi connectivity index (χ4n) is 3.17. The maximum atomic E-state index is 13.4. The molecule has 0 spiro atoms. The lowest BCUT2D eigenvalue weighted by molar-refractivity contribution is -0.116. The van der Waals surface area contributed by atoms with Gasteiger partial charge in [0.2, 0.25) is 5.91 Å². The molecule has 3 aromatic carbocycles. The fraction of sp³-hybridized carbons (Fsp3) is 0.0455. The van der Waals surface area contributed by atoms with E-state index in [-0.39, 0.29) is 12.0 Å². The number of hydrogen-bond acceptors (Lipinski definition) is 3. The van der Waals surface area contributed by atoms with E-state index >= 15 is 0 Å². The van der Waals surface area contributed by atoms with Crippen LogP contribution in [0.2, 0.25) is 5.02 Å². The Balaban J connectivity index is 1.74. The van der Waals surface area contributed by atoms with Crippen molar-refractivity contribution in [2.24, 2.45) is 0 Å². The Morgan fingerprint density at radius 2 is 1.67 bits per heavy atom. The molecule has 4 rings (SSSR count). The van der Waals surface area contributed by atoms with Crippen LogP contribution in [0.4, 0.5) is 8.78 Å². The van der Waals surface area contributed by atoms with E-state index in [1.54, 1.807) is 48.5 Å². The second-order valence-corrected chi connectivity index (χ2v) is 7.05. The summed E-state index contributed by atoms with van der Waals surface area (Å²) in [6.07, 6.45) is -0.331. The molecule has 0 saturated heterocycles. The fourth-order valence-corrected chi connectivity index (χ4v) is 3.36. The molecule has 0 saturated carbocycles. The Kier molecular flexibility index (Phi) is 5.29. The van der Waals surface area contributed by atoms with E-state index in [2.05, 4.69) is 10.5 Å². The van der Waals surface area contributed by atoms with E-state index in [0.29, 0.717) is 33.1 Å². The Labute approximate surface area is 174 Å². The summed E-state index contributed by atoms with van der Waals surface area (Å²) in [5, 5.41) is 5.73.